The molecule has 1 aromatic heterocycles. The van der Waals surface area contributed by atoms with Crippen LogP contribution in [0.15, 0.2) is 29.4 Å². The van der Waals surface area contributed by atoms with Gasteiger partial charge in [-0.05, 0) is 32.3 Å². The van der Waals surface area contributed by atoms with Crippen LogP contribution in [0.5, 0.6) is 0 Å². The lowest BCUT2D eigenvalue weighted by Crippen LogP contribution is -2.08. The Hall–Kier alpha value is -1.02. The van der Waals surface area contributed by atoms with Crippen LogP contribution in [0.2, 0.25) is 0 Å². The second kappa shape index (κ2) is 6.46. The smallest absolute Gasteiger partial charge is 0.101 e. The average Bonchev–Trinajstić information content (AvgIpc) is 2.64. The third-order valence-corrected chi connectivity index (χ3v) is 2.60. The van der Waals surface area contributed by atoms with Crippen molar-refractivity contribution in [3.8, 4) is 0 Å². The Morgan fingerprint density at radius 1 is 1.47 bits per heavy atom. The highest BCUT2D eigenvalue weighted by molar-refractivity contribution is 5.15. The summed E-state index contributed by atoms with van der Waals surface area (Å²) in [7, 11) is 0. The zero-order chi connectivity index (χ0) is 11.1. The van der Waals surface area contributed by atoms with E-state index in [0.29, 0.717) is 0 Å². The van der Waals surface area contributed by atoms with Crippen LogP contribution < -0.4 is 5.73 Å². The van der Waals surface area contributed by atoms with Crippen molar-refractivity contribution in [2.45, 2.75) is 45.1 Å². The van der Waals surface area contributed by atoms with Crippen molar-refractivity contribution in [2.75, 3.05) is 0 Å². The molecule has 0 saturated heterocycles. The minimum atomic E-state index is 0.131. The molecule has 0 aliphatic heterocycles. The molecule has 2 heteroatoms. The van der Waals surface area contributed by atoms with E-state index < -0.39 is 0 Å². The Labute approximate surface area is 92.2 Å². The second-order valence-corrected chi connectivity index (χ2v) is 4.02. The van der Waals surface area contributed by atoms with Gasteiger partial charge in [0.25, 0.3) is 0 Å². The van der Waals surface area contributed by atoms with Crippen molar-refractivity contribution in [3.63, 3.8) is 0 Å². The van der Waals surface area contributed by atoms with Crippen LogP contribution in [0.25, 0.3) is 0 Å². The first-order valence-corrected chi connectivity index (χ1v) is 5.65. The van der Waals surface area contributed by atoms with Gasteiger partial charge < -0.3 is 10.2 Å². The predicted octanol–water partition coefficient (Wildman–Crippen LogP) is 3.72. The summed E-state index contributed by atoms with van der Waals surface area (Å²) >= 11 is 0. The minimum absolute atomic E-state index is 0.131. The van der Waals surface area contributed by atoms with E-state index in [-0.39, 0.29) is 6.04 Å². The van der Waals surface area contributed by atoms with Crippen molar-refractivity contribution in [1.29, 1.82) is 0 Å². The normalized spacial score (nSPS) is 12.7. The van der Waals surface area contributed by atoms with E-state index in [1.165, 1.54) is 19.3 Å². The number of allylic oxidation sites excluding steroid dienone is 1. The Morgan fingerprint density at radius 2 is 2.27 bits per heavy atom. The van der Waals surface area contributed by atoms with Crippen LogP contribution in [0.1, 0.15) is 49.5 Å². The first-order valence-electron chi connectivity index (χ1n) is 5.65. The summed E-state index contributed by atoms with van der Waals surface area (Å²) in [6.45, 7) is 5.65. The highest BCUT2D eigenvalue weighted by atomic mass is 16.3. The van der Waals surface area contributed by atoms with Crippen LogP contribution in [0.4, 0.5) is 0 Å². The molecule has 15 heavy (non-hydrogen) atoms. The molecule has 1 atom stereocenters. The molecular weight excluding hydrogens is 186 g/mol. The van der Waals surface area contributed by atoms with Gasteiger partial charge in [0, 0.05) is 11.6 Å². The van der Waals surface area contributed by atoms with E-state index in [2.05, 4.69) is 6.58 Å². The van der Waals surface area contributed by atoms with Gasteiger partial charge in [-0.2, -0.15) is 0 Å². The number of hydrogen-bond acceptors (Lipinski definition) is 2. The largest absolute Gasteiger partial charge is 0.469 e. The van der Waals surface area contributed by atoms with Crippen LogP contribution in [0.3, 0.4) is 0 Å². The van der Waals surface area contributed by atoms with Crippen molar-refractivity contribution < 1.29 is 4.42 Å². The fourth-order valence-electron chi connectivity index (χ4n) is 1.65. The van der Waals surface area contributed by atoms with Gasteiger partial charge in [-0.25, -0.2) is 0 Å². The molecule has 2 nitrogen and oxygen atoms in total. The van der Waals surface area contributed by atoms with Gasteiger partial charge >= 0.3 is 0 Å². The molecular formula is C13H21NO. The fraction of sp³-hybridized carbons (Fsp3) is 0.538. The molecule has 1 rings (SSSR count). The van der Waals surface area contributed by atoms with Crippen LogP contribution in [-0.2, 0) is 0 Å². The van der Waals surface area contributed by atoms with Crippen LogP contribution in [-0.4, -0.2) is 0 Å². The molecule has 0 radical (unpaired) electrons. The highest BCUT2D eigenvalue weighted by Crippen LogP contribution is 2.19. The standard InChI is InChI=1S/C13H21NO/c1-3-4-5-6-7-8-13(14)12-9-11(2)15-10-12/h3,9-10,13H,1,4-8,14H2,2H3. The number of hydrogen-bond donors (Lipinski definition) is 1. The summed E-state index contributed by atoms with van der Waals surface area (Å²) in [6.07, 6.45) is 9.52. The van der Waals surface area contributed by atoms with Gasteiger partial charge in [0.05, 0.1) is 6.26 Å². The lowest BCUT2D eigenvalue weighted by atomic mass is 10.0. The van der Waals surface area contributed by atoms with E-state index in [1.54, 1.807) is 6.26 Å². The lowest BCUT2D eigenvalue weighted by Gasteiger charge is -2.08. The Bertz CT molecular complexity index is 290. The van der Waals surface area contributed by atoms with Gasteiger partial charge in [-0.1, -0.05) is 18.9 Å². The molecule has 0 aromatic carbocycles. The first-order chi connectivity index (χ1) is 7.24. The van der Waals surface area contributed by atoms with Crippen LogP contribution in [0, 0.1) is 6.92 Å². The molecule has 0 saturated carbocycles. The quantitative estimate of drug-likeness (QED) is 0.546. The first kappa shape index (κ1) is 12.1. The number of aryl methyl sites for hydroxylation is 1. The van der Waals surface area contributed by atoms with Gasteiger partial charge in [0.1, 0.15) is 5.76 Å². The zero-order valence-electron chi connectivity index (χ0n) is 9.54. The van der Waals surface area contributed by atoms with Crippen molar-refractivity contribution in [1.82, 2.24) is 0 Å². The Morgan fingerprint density at radius 3 is 2.87 bits per heavy atom. The minimum Gasteiger partial charge on any atom is -0.469 e. The maximum absolute atomic E-state index is 6.04. The summed E-state index contributed by atoms with van der Waals surface area (Å²) in [4.78, 5) is 0. The molecule has 84 valence electrons. The lowest BCUT2D eigenvalue weighted by molar-refractivity contribution is 0.521. The summed E-state index contributed by atoms with van der Waals surface area (Å²) < 4.78 is 5.24. The fourth-order valence-corrected chi connectivity index (χ4v) is 1.65. The monoisotopic (exact) mass is 207 g/mol. The number of unbranched alkanes of at least 4 members (excludes halogenated alkanes) is 3. The Balaban J connectivity index is 2.18. The zero-order valence-corrected chi connectivity index (χ0v) is 9.54. The van der Waals surface area contributed by atoms with Crippen LogP contribution >= 0.6 is 0 Å². The maximum atomic E-state index is 6.04. The third kappa shape index (κ3) is 4.34. The number of rotatable bonds is 7. The third-order valence-electron chi connectivity index (χ3n) is 2.60. The summed E-state index contributed by atoms with van der Waals surface area (Å²) in [5.41, 5.74) is 7.16. The molecule has 2 N–H and O–H groups in total. The van der Waals surface area contributed by atoms with E-state index in [1.807, 2.05) is 19.1 Å². The highest BCUT2D eigenvalue weighted by Gasteiger charge is 2.07. The SMILES string of the molecule is C=CCCCCCC(N)c1coc(C)c1. The number of furan rings is 1. The molecule has 0 bridgehead atoms. The molecule has 1 unspecified atom stereocenters. The van der Waals surface area contributed by atoms with E-state index in [4.69, 9.17) is 10.2 Å². The molecule has 0 fully saturated rings. The molecule has 0 aliphatic rings. The van der Waals surface area contributed by atoms with Gasteiger partial charge in [-0.3, -0.25) is 0 Å². The van der Waals surface area contributed by atoms with E-state index >= 15 is 0 Å². The van der Waals surface area contributed by atoms with Crippen molar-refractivity contribution >= 4 is 0 Å². The summed E-state index contributed by atoms with van der Waals surface area (Å²) in [5.74, 6) is 0.937. The maximum Gasteiger partial charge on any atom is 0.101 e. The number of nitrogens with two attached hydrogens (primary N) is 1. The van der Waals surface area contributed by atoms with Crippen molar-refractivity contribution in [3.05, 3.63) is 36.3 Å². The summed E-state index contributed by atoms with van der Waals surface area (Å²) in [5, 5.41) is 0. The topological polar surface area (TPSA) is 39.2 Å². The van der Waals surface area contributed by atoms with Crippen molar-refractivity contribution in [2.24, 2.45) is 5.73 Å². The molecule has 0 aliphatic carbocycles. The summed E-state index contributed by atoms with van der Waals surface area (Å²) in [6, 6.07) is 2.15. The second-order valence-electron chi connectivity index (χ2n) is 4.02. The molecule has 0 spiro atoms. The van der Waals surface area contributed by atoms with Gasteiger partial charge in [0.2, 0.25) is 0 Å². The molecule has 1 heterocycles. The van der Waals surface area contributed by atoms with E-state index in [9.17, 15) is 0 Å². The molecule has 0 amide bonds. The molecule has 1 aromatic rings. The Kier molecular flexibility index (Phi) is 5.19. The van der Waals surface area contributed by atoms with Gasteiger partial charge in [0.15, 0.2) is 0 Å². The average molecular weight is 207 g/mol. The predicted molar refractivity (Wildman–Crippen MR) is 63.7 cm³/mol. The van der Waals surface area contributed by atoms with Gasteiger partial charge in [-0.15, -0.1) is 6.58 Å². The van der Waals surface area contributed by atoms with E-state index in [0.717, 1.165) is 24.2 Å².